The van der Waals surface area contributed by atoms with E-state index in [-0.39, 0.29) is 18.2 Å². The lowest BCUT2D eigenvalue weighted by atomic mass is 10.6. The lowest BCUT2D eigenvalue weighted by molar-refractivity contribution is -0.708. The molecular formula is C7H14N4O6. The van der Waals surface area contributed by atoms with E-state index in [1.807, 2.05) is 0 Å². The highest BCUT2D eigenvalue weighted by atomic mass is 16.6. The fraction of sp³-hybridized carbons (Fsp3) is 0.714. The van der Waals surface area contributed by atoms with Crippen LogP contribution in [0.2, 0.25) is 0 Å². The largest absolute Gasteiger partial charge is 0.569 e. The number of esters is 2. The molecule has 0 aliphatic rings. The standard InChI is InChI=1S/C7H14N4O6/c1-16-6(12)3-8-5-10(11(15)9-14)4-7(13)17-2/h8,14H,3-5H2,1-2H3. The minimum Gasteiger partial charge on any atom is -0.569 e. The Labute approximate surface area is 96.9 Å². The summed E-state index contributed by atoms with van der Waals surface area (Å²) in [6.07, 6.45) is 0. The third-order valence-corrected chi connectivity index (χ3v) is 1.65. The molecule has 0 bridgehead atoms. The highest BCUT2D eigenvalue weighted by Crippen LogP contribution is 1.90. The van der Waals surface area contributed by atoms with Gasteiger partial charge in [0.25, 0.3) is 0 Å². The molecule has 0 heterocycles. The van der Waals surface area contributed by atoms with Crippen molar-refractivity contribution in [2.24, 2.45) is 5.28 Å². The highest BCUT2D eigenvalue weighted by Gasteiger charge is 2.18. The van der Waals surface area contributed by atoms with Gasteiger partial charge in [0.1, 0.15) is 6.67 Å². The summed E-state index contributed by atoms with van der Waals surface area (Å²) >= 11 is 0. The maximum absolute atomic E-state index is 11.0. The number of hydrogen-bond acceptors (Lipinski definition) is 7. The van der Waals surface area contributed by atoms with E-state index in [4.69, 9.17) is 5.21 Å². The summed E-state index contributed by atoms with van der Waals surface area (Å²) in [4.78, 5) is 21.5. The van der Waals surface area contributed by atoms with Crippen LogP contribution in [-0.2, 0) is 19.1 Å². The first-order chi connectivity index (χ1) is 8.04. The summed E-state index contributed by atoms with van der Waals surface area (Å²) < 4.78 is 8.68. The van der Waals surface area contributed by atoms with Gasteiger partial charge in [0.05, 0.1) is 25.7 Å². The SMILES string of the molecule is COC(=O)CNCN(CC(=O)OC)[N+]([O-])=NO. The Kier molecular flexibility index (Phi) is 7.10. The Balaban J connectivity index is 4.21. The molecule has 0 amide bonds. The summed E-state index contributed by atoms with van der Waals surface area (Å²) in [5.74, 6) is -1.24. The maximum Gasteiger partial charge on any atom is 0.331 e. The lowest BCUT2D eigenvalue weighted by Crippen LogP contribution is -2.43. The van der Waals surface area contributed by atoms with Crippen molar-refractivity contribution in [3.8, 4) is 0 Å². The molecule has 17 heavy (non-hydrogen) atoms. The van der Waals surface area contributed by atoms with E-state index >= 15 is 0 Å². The Morgan fingerprint density at radius 2 is 2.00 bits per heavy atom. The smallest absolute Gasteiger partial charge is 0.331 e. The lowest BCUT2D eigenvalue weighted by Gasteiger charge is -2.16. The average Bonchev–Trinajstić information content (AvgIpc) is 2.35. The van der Waals surface area contributed by atoms with Gasteiger partial charge in [-0.15, -0.1) is 5.01 Å². The third-order valence-electron chi connectivity index (χ3n) is 1.65. The van der Waals surface area contributed by atoms with Gasteiger partial charge in [-0.25, -0.2) is 4.79 Å². The molecule has 0 aliphatic carbocycles. The topological polar surface area (TPSA) is 127 Å². The van der Waals surface area contributed by atoms with Crippen molar-refractivity contribution in [2.75, 3.05) is 34.0 Å². The molecular weight excluding hydrogens is 236 g/mol. The number of methoxy groups -OCH3 is 2. The number of nitrogens with zero attached hydrogens (tertiary/aromatic N) is 3. The predicted molar refractivity (Wildman–Crippen MR) is 51.4 cm³/mol. The van der Waals surface area contributed by atoms with Crippen LogP contribution in [0.1, 0.15) is 0 Å². The number of ether oxygens (including phenoxy) is 2. The van der Waals surface area contributed by atoms with Crippen LogP contribution in [0, 0.1) is 5.21 Å². The quantitative estimate of drug-likeness (QED) is 0.183. The summed E-state index contributed by atoms with van der Waals surface area (Å²) in [5, 5.41) is 24.9. The maximum atomic E-state index is 11.0. The van der Waals surface area contributed by atoms with E-state index in [1.165, 1.54) is 7.11 Å². The normalized spacial score (nSPS) is 10.8. The number of carbonyl (C=O) groups is 2. The Morgan fingerprint density at radius 3 is 2.47 bits per heavy atom. The van der Waals surface area contributed by atoms with Crippen LogP contribution in [0.3, 0.4) is 0 Å². The van der Waals surface area contributed by atoms with Crippen molar-refractivity contribution < 1.29 is 29.2 Å². The zero-order chi connectivity index (χ0) is 13.3. The third kappa shape index (κ3) is 6.14. The second-order valence-corrected chi connectivity index (χ2v) is 2.74. The molecule has 0 fully saturated rings. The van der Waals surface area contributed by atoms with E-state index < -0.39 is 18.5 Å². The van der Waals surface area contributed by atoms with Crippen molar-refractivity contribution in [1.29, 1.82) is 0 Å². The fourth-order valence-corrected chi connectivity index (χ4v) is 0.806. The number of hydrogen-bond donors (Lipinski definition) is 2. The Bertz CT molecular complexity index is 294. The van der Waals surface area contributed by atoms with Gasteiger partial charge >= 0.3 is 11.9 Å². The molecule has 0 saturated carbocycles. The van der Waals surface area contributed by atoms with Crippen molar-refractivity contribution in [3.63, 3.8) is 0 Å². The van der Waals surface area contributed by atoms with Crippen LogP contribution in [0.4, 0.5) is 0 Å². The highest BCUT2D eigenvalue weighted by molar-refractivity contribution is 5.71. The van der Waals surface area contributed by atoms with E-state index in [0.29, 0.717) is 0 Å². The zero-order valence-electron chi connectivity index (χ0n) is 9.45. The number of rotatable bonds is 7. The molecule has 0 aromatic rings. The Morgan fingerprint density at radius 1 is 1.41 bits per heavy atom. The molecule has 0 aromatic heterocycles. The van der Waals surface area contributed by atoms with Crippen molar-refractivity contribution in [3.05, 3.63) is 5.21 Å². The predicted octanol–water partition coefficient (Wildman–Crippen LogP) is -1.55. The number of hydrazine groups is 1. The first kappa shape index (κ1) is 14.9. The van der Waals surface area contributed by atoms with Crippen LogP contribution in [0.5, 0.6) is 0 Å². The Hall–Kier alpha value is -2.10. The van der Waals surface area contributed by atoms with E-state index in [2.05, 4.69) is 20.1 Å². The molecule has 0 aromatic carbocycles. The van der Waals surface area contributed by atoms with Gasteiger partial charge in [-0.2, -0.15) is 0 Å². The van der Waals surface area contributed by atoms with Crippen LogP contribution >= 0.6 is 0 Å². The fourth-order valence-electron chi connectivity index (χ4n) is 0.806. The second kappa shape index (κ2) is 8.10. The van der Waals surface area contributed by atoms with Crippen LogP contribution in [-0.4, -0.2) is 61.1 Å². The van der Waals surface area contributed by atoms with Crippen molar-refractivity contribution >= 4 is 11.9 Å². The van der Waals surface area contributed by atoms with Crippen molar-refractivity contribution in [2.45, 2.75) is 0 Å². The minimum absolute atomic E-state index is 0.159. The molecule has 0 aliphatic heterocycles. The summed E-state index contributed by atoms with van der Waals surface area (Å²) in [5.41, 5.74) is 0. The first-order valence-electron chi connectivity index (χ1n) is 4.46. The van der Waals surface area contributed by atoms with Gasteiger partial charge in [0.15, 0.2) is 6.54 Å². The van der Waals surface area contributed by atoms with E-state index in [1.54, 1.807) is 0 Å². The van der Waals surface area contributed by atoms with Gasteiger partial charge in [0.2, 0.25) is 5.28 Å². The summed E-state index contributed by atoms with van der Waals surface area (Å²) in [7, 11) is 2.35. The summed E-state index contributed by atoms with van der Waals surface area (Å²) in [6.45, 7) is -0.788. The minimum atomic E-state index is -0.700. The van der Waals surface area contributed by atoms with Gasteiger partial charge in [-0.1, -0.05) is 0 Å². The van der Waals surface area contributed by atoms with Gasteiger partial charge in [0, 0.05) is 0 Å². The molecule has 10 nitrogen and oxygen atoms in total. The van der Waals surface area contributed by atoms with Crippen LogP contribution in [0.25, 0.3) is 0 Å². The molecule has 0 atom stereocenters. The van der Waals surface area contributed by atoms with E-state index in [9.17, 15) is 14.8 Å². The van der Waals surface area contributed by atoms with E-state index in [0.717, 1.165) is 12.1 Å². The van der Waals surface area contributed by atoms with Gasteiger partial charge in [-0.05, 0) is 0 Å². The molecule has 98 valence electrons. The molecule has 10 heteroatoms. The van der Waals surface area contributed by atoms with Crippen LogP contribution in [0.15, 0.2) is 5.28 Å². The molecule has 0 rings (SSSR count). The second-order valence-electron chi connectivity index (χ2n) is 2.74. The monoisotopic (exact) mass is 250 g/mol. The zero-order valence-corrected chi connectivity index (χ0v) is 9.45. The summed E-state index contributed by atoms with van der Waals surface area (Å²) in [6, 6.07) is 0. The molecule has 0 spiro atoms. The molecule has 0 radical (unpaired) electrons. The molecule has 2 N–H and O–H groups in total. The van der Waals surface area contributed by atoms with Crippen LogP contribution < -0.4 is 5.32 Å². The first-order valence-corrected chi connectivity index (χ1v) is 4.46. The van der Waals surface area contributed by atoms with Gasteiger partial charge < -0.3 is 19.9 Å². The number of carbonyl (C=O) groups excluding carboxylic acids is 2. The average molecular weight is 250 g/mol. The molecule has 0 unspecified atom stereocenters. The van der Waals surface area contributed by atoms with Crippen molar-refractivity contribution in [1.82, 2.24) is 10.3 Å². The number of nitrogens with one attached hydrogen (secondary N) is 1. The van der Waals surface area contributed by atoms with Gasteiger partial charge in [-0.3, -0.25) is 10.1 Å². The molecule has 0 saturated heterocycles.